The molecule has 0 aromatic carbocycles. The molecular formula is C12H24N2O2S. The maximum atomic E-state index is 12.2. The summed E-state index contributed by atoms with van der Waals surface area (Å²) in [6.07, 6.45) is 1.92. The first kappa shape index (κ1) is 14.7. The Kier molecular flexibility index (Phi) is 5.62. The van der Waals surface area contributed by atoms with Crippen molar-refractivity contribution in [3.63, 3.8) is 0 Å². The first-order chi connectivity index (χ1) is 7.95. The third kappa shape index (κ3) is 4.77. The van der Waals surface area contributed by atoms with E-state index in [-0.39, 0.29) is 5.75 Å². The van der Waals surface area contributed by atoms with Crippen molar-refractivity contribution in [1.29, 1.82) is 0 Å². The first-order valence-electron chi connectivity index (χ1n) is 6.28. The molecule has 1 aliphatic heterocycles. The fraction of sp³-hybridized carbons (Fsp3) is 0.833. The van der Waals surface area contributed by atoms with E-state index in [0.717, 1.165) is 31.5 Å². The fourth-order valence-corrected chi connectivity index (χ4v) is 4.11. The molecule has 5 heteroatoms. The van der Waals surface area contributed by atoms with Gasteiger partial charge in [0.25, 0.3) is 0 Å². The van der Waals surface area contributed by atoms with Gasteiger partial charge in [0, 0.05) is 13.1 Å². The molecule has 0 amide bonds. The van der Waals surface area contributed by atoms with Crippen molar-refractivity contribution in [1.82, 2.24) is 9.62 Å². The molecule has 0 saturated carbocycles. The molecule has 100 valence electrons. The minimum Gasteiger partial charge on any atom is -0.317 e. The van der Waals surface area contributed by atoms with E-state index >= 15 is 0 Å². The van der Waals surface area contributed by atoms with Crippen molar-refractivity contribution >= 4 is 10.0 Å². The van der Waals surface area contributed by atoms with Crippen LogP contribution in [0.25, 0.3) is 0 Å². The topological polar surface area (TPSA) is 49.4 Å². The fourth-order valence-electron chi connectivity index (χ4n) is 2.16. The second-order valence-electron chi connectivity index (χ2n) is 4.86. The van der Waals surface area contributed by atoms with Gasteiger partial charge in [-0.2, -0.15) is 4.31 Å². The molecule has 1 fully saturated rings. The van der Waals surface area contributed by atoms with Crippen LogP contribution in [0.4, 0.5) is 0 Å². The summed E-state index contributed by atoms with van der Waals surface area (Å²) in [4.78, 5) is 0. The minimum absolute atomic E-state index is 0.287. The zero-order valence-electron chi connectivity index (χ0n) is 10.9. The van der Waals surface area contributed by atoms with E-state index in [0.29, 0.717) is 19.0 Å². The van der Waals surface area contributed by atoms with Gasteiger partial charge >= 0.3 is 0 Å². The highest BCUT2D eigenvalue weighted by Crippen LogP contribution is 2.17. The van der Waals surface area contributed by atoms with E-state index in [1.807, 2.05) is 13.8 Å². The number of rotatable bonds is 6. The minimum atomic E-state index is -3.12. The van der Waals surface area contributed by atoms with Gasteiger partial charge in [-0.25, -0.2) is 8.42 Å². The smallest absolute Gasteiger partial charge is 0.214 e. The lowest BCUT2D eigenvalue weighted by Gasteiger charge is -2.26. The lowest BCUT2D eigenvalue weighted by atomic mass is 10.0. The van der Waals surface area contributed by atoms with Crippen LogP contribution in [-0.4, -0.2) is 44.7 Å². The number of piperidine rings is 1. The largest absolute Gasteiger partial charge is 0.317 e. The van der Waals surface area contributed by atoms with E-state index in [4.69, 9.17) is 0 Å². The molecule has 0 aromatic rings. The summed E-state index contributed by atoms with van der Waals surface area (Å²) in [6.45, 7) is 10.4. The van der Waals surface area contributed by atoms with Gasteiger partial charge in [-0.05, 0) is 38.8 Å². The maximum absolute atomic E-state index is 12.2. The quantitative estimate of drug-likeness (QED) is 0.730. The summed E-state index contributed by atoms with van der Waals surface area (Å²) in [5.41, 5.74) is 0.890. The van der Waals surface area contributed by atoms with Crippen LogP contribution in [0.1, 0.15) is 26.7 Å². The summed E-state index contributed by atoms with van der Waals surface area (Å²) in [6, 6.07) is 0. The highest BCUT2D eigenvalue weighted by Gasteiger charge is 2.25. The van der Waals surface area contributed by atoms with Crippen LogP contribution in [0, 0.1) is 5.92 Å². The molecule has 0 aliphatic carbocycles. The SMILES string of the molecule is C=C(C)CN(CC)S(=O)(=O)CC1CCNCC1. The van der Waals surface area contributed by atoms with Crippen LogP contribution < -0.4 is 5.32 Å². The van der Waals surface area contributed by atoms with Crippen molar-refractivity contribution in [2.45, 2.75) is 26.7 Å². The zero-order valence-corrected chi connectivity index (χ0v) is 11.7. The number of hydrogen-bond acceptors (Lipinski definition) is 3. The molecule has 17 heavy (non-hydrogen) atoms. The van der Waals surface area contributed by atoms with Crippen molar-refractivity contribution in [2.75, 3.05) is 31.9 Å². The molecule has 1 saturated heterocycles. The van der Waals surface area contributed by atoms with Gasteiger partial charge in [0.1, 0.15) is 0 Å². The standard InChI is InChI=1S/C12H24N2O2S/c1-4-14(9-11(2)3)17(15,16)10-12-5-7-13-8-6-12/h12-13H,2,4-10H2,1,3H3. The third-order valence-electron chi connectivity index (χ3n) is 3.10. The Labute approximate surface area is 105 Å². The van der Waals surface area contributed by atoms with Crippen molar-refractivity contribution < 1.29 is 8.42 Å². The molecule has 0 unspecified atom stereocenters. The number of hydrogen-bond donors (Lipinski definition) is 1. The van der Waals surface area contributed by atoms with Crippen LogP contribution in [0.2, 0.25) is 0 Å². The Morgan fingerprint density at radius 3 is 2.47 bits per heavy atom. The first-order valence-corrected chi connectivity index (χ1v) is 7.89. The molecule has 0 atom stereocenters. The molecule has 1 aliphatic rings. The average molecular weight is 260 g/mol. The van der Waals surface area contributed by atoms with E-state index in [2.05, 4.69) is 11.9 Å². The number of sulfonamides is 1. The van der Waals surface area contributed by atoms with Crippen LogP contribution in [0.5, 0.6) is 0 Å². The molecule has 1 heterocycles. The van der Waals surface area contributed by atoms with Gasteiger partial charge in [0.15, 0.2) is 0 Å². The maximum Gasteiger partial charge on any atom is 0.214 e. The van der Waals surface area contributed by atoms with Gasteiger partial charge in [-0.15, -0.1) is 0 Å². The van der Waals surface area contributed by atoms with Gasteiger partial charge in [0.05, 0.1) is 5.75 Å². The molecule has 0 radical (unpaired) electrons. The monoisotopic (exact) mass is 260 g/mol. The molecular weight excluding hydrogens is 236 g/mol. The molecule has 0 aromatic heterocycles. The molecule has 1 rings (SSSR count). The molecule has 1 N–H and O–H groups in total. The Bertz CT molecular complexity index is 346. The summed E-state index contributed by atoms with van der Waals surface area (Å²) >= 11 is 0. The lowest BCUT2D eigenvalue weighted by Crippen LogP contribution is -2.39. The highest BCUT2D eigenvalue weighted by molar-refractivity contribution is 7.89. The number of likely N-dealkylation sites (N-methyl/N-ethyl adjacent to an activating group) is 1. The van der Waals surface area contributed by atoms with E-state index in [9.17, 15) is 8.42 Å². The summed E-state index contributed by atoms with van der Waals surface area (Å²) in [5.74, 6) is 0.593. The second kappa shape index (κ2) is 6.52. The van der Waals surface area contributed by atoms with Gasteiger partial charge in [0.2, 0.25) is 10.0 Å². The van der Waals surface area contributed by atoms with Crippen LogP contribution in [0.15, 0.2) is 12.2 Å². The van der Waals surface area contributed by atoms with Gasteiger partial charge < -0.3 is 5.32 Å². The van der Waals surface area contributed by atoms with Crippen LogP contribution in [-0.2, 0) is 10.0 Å². The predicted molar refractivity (Wildman–Crippen MR) is 71.4 cm³/mol. The second-order valence-corrected chi connectivity index (χ2v) is 6.87. The van der Waals surface area contributed by atoms with E-state index in [1.165, 1.54) is 4.31 Å². The Morgan fingerprint density at radius 1 is 1.41 bits per heavy atom. The summed E-state index contributed by atoms with van der Waals surface area (Å²) in [7, 11) is -3.12. The zero-order chi connectivity index (χ0) is 12.9. The number of nitrogens with one attached hydrogen (secondary N) is 1. The Hall–Kier alpha value is -0.390. The Balaban J connectivity index is 2.61. The van der Waals surface area contributed by atoms with Crippen molar-refractivity contribution in [3.05, 3.63) is 12.2 Å². The molecule has 0 spiro atoms. The van der Waals surface area contributed by atoms with Crippen molar-refractivity contribution in [3.8, 4) is 0 Å². The normalized spacial score (nSPS) is 18.5. The Morgan fingerprint density at radius 2 is 2.00 bits per heavy atom. The van der Waals surface area contributed by atoms with E-state index in [1.54, 1.807) is 0 Å². The van der Waals surface area contributed by atoms with E-state index < -0.39 is 10.0 Å². The molecule has 4 nitrogen and oxygen atoms in total. The average Bonchev–Trinajstić information content (AvgIpc) is 2.26. The number of nitrogens with zero attached hydrogens (tertiary/aromatic N) is 1. The summed E-state index contributed by atoms with van der Waals surface area (Å²) < 4.78 is 26.0. The van der Waals surface area contributed by atoms with Gasteiger partial charge in [-0.3, -0.25) is 0 Å². The predicted octanol–water partition coefficient (Wildman–Crippen LogP) is 1.21. The third-order valence-corrected chi connectivity index (χ3v) is 5.16. The lowest BCUT2D eigenvalue weighted by molar-refractivity contribution is 0.386. The van der Waals surface area contributed by atoms with Crippen molar-refractivity contribution in [2.24, 2.45) is 5.92 Å². The highest BCUT2D eigenvalue weighted by atomic mass is 32.2. The van der Waals surface area contributed by atoms with Crippen LogP contribution >= 0.6 is 0 Å². The van der Waals surface area contributed by atoms with Gasteiger partial charge in [-0.1, -0.05) is 19.1 Å². The van der Waals surface area contributed by atoms with Crippen LogP contribution in [0.3, 0.4) is 0 Å². The summed E-state index contributed by atoms with van der Waals surface area (Å²) in [5, 5.41) is 3.25. The molecule has 0 bridgehead atoms.